The van der Waals surface area contributed by atoms with Crippen molar-refractivity contribution < 1.29 is 22.9 Å². The van der Waals surface area contributed by atoms with Gasteiger partial charge >= 0.3 is 0 Å². The quantitative estimate of drug-likeness (QED) is 0.0735. The van der Waals surface area contributed by atoms with Gasteiger partial charge in [-0.1, -0.05) is 36.4 Å². The second-order valence-electron chi connectivity index (χ2n) is 14.6. The lowest BCUT2D eigenvalue weighted by Crippen LogP contribution is -2.31. The minimum Gasteiger partial charge on any atom is -0.351 e. The van der Waals surface area contributed by atoms with Crippen molar-refractivity contribution in [1.82, 2.24) is 40.4 Å². The Morgan fingerprint density at radius 3 is 1.63 bits per heavy atom. The Bertz CT molecular complexity index is 3080. The Labute approximate surface area is 339 Å². The third-order valence-electron chi connectivity index (χ3n) is 9.67. The Balaban J connectivity index is 0.000000179. The molecule has 0 saturated heterocycles. The zero-order valence-corrected chi connectivity index (χ0v) is 33.9. The predicted octanol–water partition coefficient (Wildman–Crippen LogP) is 5.77. The van der Waals surface area contributed by atoms with E-state index in [1.807, 2.05) is 56.2 Å². The van der Waals surface area contributed by atoms with Crippen molar-refractivity contribution in [1.29, 1.82) is 0 Å². The lowest BCUT2D eigenvalue weighted by Gasteiger charge is -2.12. The summed E-state index contributed by atoms with van der Waals surface area (Å²) >= 11 is 0. The number of amides is 2. The van der Waals surface area contributed by atoms with Gasteiger partial charge in [0, 0.05) is 60.7 Å². The van der Waals surface area contributed by atoms with Crippen LogP contribution in [0.2, 0.25) is 0 Å². The van der Waals surface area contributed by atoms with Gasteiger partial charge in [-0.2, -0.15) is 0 Å². The molecule has 15 nitrogen and oxygen atoms in total. The third kappa shape index (κ3) is 8.60. The van der Waals surface area contributed by atoms with E-state index in [0.717, 1.165) is 18.5 Å². The molecule has 0 radical (unpaired) electrons. The average molecular weight is 812 g/mol. The standard InChI is InChI=1S/C22H22N4O3S.C21H19N5O3/c1-26(2)13-12-23-22(27)16-7-4-8-17-21(16)25-20-15-6-5-9-19(30(3,28)29)14(15)10-11-18(20)24-17;1-25(2)11-10-22-21(27)16-4-3-5-17-20(16)24-19-15-8-7-14(26(28)29)12-13(15)6-9-18(19)23-17/h4-11H,12-13H2,1-3H3,(H,23,27);3-9,12H,10-11H2,1-2H3,(H,22,27). The molecule has 8 aromatic rings. The number of nitro groups is 1. The first-order valence-electron chi connectivity index (χ1n) is 18.7. The fraction of sp³-hybridized carbons (Fsp3) is 0.209. The fourth-order valence-corrected chi connectivity index (χ4v) is 7.65. The highest BCUT2D eigenvalue weighted by Crippen LogP contribution is 2.31. The van der Waals surface area contributed by atoms with Gasteiger partial charge in [0.25, 0.3) is 17.5 Å². The highest BCUT2D eigenvalue weighted by molar-refractivity contribution is 7.91. The van der Waals surface area contributed by atoms with E-state index in [-0.39, 0.29) is 22.4 Å². The Kier molecular flexibility index (Phi) is 11.4. The van der Waals surface area contributed by atoms with Gasteiger partial charge in [-0.25, -0.2) is 28.4 Å². The number of para-hydroxylation sites is 2. The topological polar surface area (TPSA) is 194 Å². The molecule has 8 rings (SSSR count). The average Bonchev–Trinajstić information content (AvgIpc) is 3.20. The number of hydrogen-bond acceptors (Lipinski definition) is 12. The number of non-ortho nitro benzene ring substituents is 1. The summed E-state index contributed by atoms with van der Waals surface area (Å²) < 4.78 is 24.4. The molecule has 2 N–H and O–H groups in total. The molecule has 0 aliphatic carbocycles. The van der Waals surface area contributed by atoms with Crippen LogP contribution < -0.4 is 10.6 Å². The molecule has 300 valence electrons. The Hall–Kier alpha value is -6.75. The fourth-order valence-electron chi connectivity index (χ4n) is 6.75. The lowest BCUT2D eigenvalue weighted by molar-refractivity contribution is -0.384. The molecule has 0 atom stereocenters. The highest BCUT2D eigenvalue weighted by atomic mass is 32.2. The largest absolute Gasteiger partial charge is 0.351 e. The molecular weight excluding hydrogens is 771 g/mol. The SMILES string of the molecule is CN(C)CCNC(=O)c1cccc2nc3ccc4c(S(C)(=O)=O)cccc4c3nc12.CN(C)CCNC(=O)c1cccc2nc3ccc4cc([N+](=O)[O-])ccc4c3nc12. The molecular formula is C43H41N9O6S. The summed E-state index contributed by atoms with van der Waals surface area (Å²) in [5.74, 6) is -0.421. The number of benzene rings is 6. The van der Waals surface area contributed by atoms with Gasteiger partial charge in [-0.15, -0.1) is 0 Å². The molecule has 0 bridgehead atoms. The van der Waals surface area contributed by atoms with E-state index in [0.29, 0.717) is 84.5 Å². The monoisotopic (exact) mass is 811 g/mol. The van der Waals surface area contributed by atoms with Gasteiger partial charge in [0.2, 0.25) is 0 Å². The van der Waals surface area contributed by atoms with Gasteiger partial charge in [0.1, 0.15) is 11.0 Å². The van der Waals surface area contributed by atoms with E-state index in [2.05, 4.69) is 20.6 Å². The highest BCUT2D eigenvalue weighted by Gasteiger charge is 2.18. The van der Waals surface area contributed by atoms with Gasteiger partial charge in [0.15, 0.2) is 9.84 Å². The predicted molar refractivity (Wildman–Crippen MR) is 231 cm³/mol. The number of sulfone groups is 1. The summed E-state index contributed by atoms with van der Waals surface area (Å²) in [6, 6.07) is 27.5. The maximum atomic E-state index is 12.7. The van der Waals surface area contributed by atoms with Gasteiger partial charge in [-0.3, -0.25) is 19.7 Å². The summed E-state index contributed by atoms with van der Waals surface area (Å²) in [6.07, 6.45) is 1.19. The molecule has 0 spiro atoms. The lowest BCUT2D eigenvalue weighted by atomic mass is 10.1. The number of rotatable bonds is 10. The van der Waals surface area contributed by atoms with E-state index >= 15 is 0 Å². The molecule has 16 heteroatoms. The molecule has 59 heavy (non-hydrogen) atoms. The second-order valence-corrected chi connectivity index (χ2v) is 16.5. The maximum Gasteiger partial charge on any atom is 0.270 e. The Morgan fingerprint density at radius 1 is 0.610 bits per heavy atom. The summed E-state index contributed by atoms with van der Waals surface area (Å²) in [5.41, 5.74) is 5.64. The number of carbonyl (C=O) groups excluding carboxylic acids is 2. The smallest absolute Gasteiger partial charge is 0.270 e. The van der Waals surface area contributed by atoms with Crippen molar-refractivity contribution in [3.8, 4) is 0 Å². The molecule has 0 aliphatic heterocycles. The molecule has 6 aromatic carbocycles. The molecule has 0 aliphatic rings. The van der Waals surface area contributed by atoms with Crippen LogP contribution in [0.15, 0.2) is 102 Å². The summed E-state index contributed by atoms with van der Waals surface area (Å²) in [6.45, 7) is 2.50. The van der Waals surface area contributed by atoms with Crippen LogP contribution in [0, 0.1) is 10.1 Å². The van der Waals surface area contributed by atoms with Crippen LogP contribution in [-0.2, 0) is 9.84 Å². The number of nitro benzene ring substituents is 1. The van der Waals surface area contributed by atoms with Crippen LogP contribution in [0.25, 0.3) is 65.7 Å². The number of hydrogen-bond donors (Lipinski definition) is 2. The number of likely N-dealkylation sites (N-methyl/N-ethyl adjacent to an activating group) is 2. The molecule has 2 aromatic heterocycles. The minimum atomic E-state index is -3.40. The van der Waals surface area contributed by atoms with Gasteiger partial charge in [0.05, 0.1) is 54.0 Å². The van der Waals surface area contributed by atoms with E-state index in [9.17, 15) is 28.1 Å². The first-order valence-corrected chi connectivity index (χ1v) is 20.5. The zero-order chi connectivity index (χ0) is 42.0. The van der Waals surface area contributed by atoms with Crippen molar-refractivity contribution in [2.75, 3.05) is 60.6 Å². The van der Waals surface area contributed by atoms with Crippen molar-refractivity contribution in [2.45, 2.75) is 4.90 Å². The van der Waals surface area contributed by atoms with Crippen molar-refractivity contribution >= 4 is 93.0 Å². The molecule has 2 heterocycles. The van der Waals surface area contributed by atoms with Crippen LogP contribution in [-0.4, -0.2) is 116 Å². The summed E-state index contributed by atoms with van der Waals surface area (Å²) in [4.78, 5) is 59.1. The molecule has 0 unspecified atom stereocenters. The number of fused-ring (bicyclic) bond motifs is 8. The van der Waals surface area contributed by atoms with Gasteiger partial charge in [-0.05, 0) is 82.1 Å². The summed E-state index contributed by atoms with van der Waals surface area (Å²) in [7, 11) is 4.37. The van der Waals surface area contributed by atoms with Gasteiger partial charge < -0.3 is 20.4 Å². The van der Waals surface area contributed by atoms with E-state index in [1.54, 1.807) is 66.7 Å². The van der Waals surface area contributed by atoms with Crippen LogP contribution in [0.4, 0.5) is 5.69 Å². The first kappa shape index (κ1) is 40.4. The third-order valence-corrected chi connectivity index (χ3v) is 10.8. The second kappa shape index (κ2) is 16.6. The van der Waals surface area contributed by atoms with E-state index in [1.165, 1.54) is 18.4 Å². The van der Waals surface area contributed by atoms with Crippen molar-refractivity contribution in [3.63, 3.8) is 0 Å². The summed E-state index contributed by atoms with van der Waals surface area (Å²) in [5, 5.41) is 19.6. The van der Waals surface area contributed by atoms with Crippen molar-refractivity contribution in [2.24, 2.45) is 0 Å². The number of aromatic nitrogens is 4. The van der Waals surface area contributed by atoms with Crippen molar-refractivity contribution in [3.05, 3.63) is 118 Å². The van der Waals surface area contributed by atoms with Crippen LogP contribution in [0.1, 0.15) is 20.7 Å². The number of nitrogens with one attached hydrogen (secondary N) is 2. The molecule has 0 fully saturated rings. The Morgan fingerprint density at radius 2 is 1.10 bits per heavy atom. The van der Waals surface area contributed by atoms with Crippen LogP contribution in [0.3, 0.4) is 0 Å². The van der Waals surface area contributed by atoms with E-state index < -0.39 is 14.8 Å². The number of carbonyl (C=O) groups is 2. The molecule has 2 amide bonds. The molecule has 0 saturated carbocycles. The normalized spacial score (nSPS) is 11.8. The first-order chi connectivity index (χ1) is 28.2. The number of nitrogens with zero attached hydrogens (tertiary/aromatic N) is 7. The van der Waals surface area contributed by atoms with Crippen LogP contribution in [0.5, 0.6) is 0 Å². The minimum absolute atomic E-state index is 0.0200. The zero-order valence-electron chi connectivity index (χ0n) is 33.1. The maximum absolute atomic E-state index is 12.7. The van der Waals surface area contributed by atoms with E-state index in [4.69, 9.17) is 9.97 Å². The van der Waals surface area contributed by atoms with Crippen LogP contribution >= 0.6 is 0 Å².